The second-order valence-electron chi connectivity index (χ2n) is 4.80. The van der Waals surface area contributed by atoms with Gasteiger partial charge in [-0.25, -0.2) is 0 Å². The molecule has 1 rings (SSSR count). The van der Waals surface area contributed by atoms with Crippen molar-refractivity contribution in [2.75, 3.05) is 54.2 Å². The molecule has 0 N–H and O–H groups in total. The molecule has 0 heterocycles. The first-order valence-corrected chi connectivity index (χ1v) is 8.07. The van der Waals surface area contributed by atoms with Crippen molar-refractivity contribution in [3.8, 4) is 11.5 Å². The third-order valence-electron chi connectivity index (χ3n) is 2.92. The van der Waals surface area contributed by atoms with E-state index >= 15 is 0 Å². The first-order chi connectivity index (χ1) is 12.6. The van der Waals surface area contributed by atoms with Crippen LogP contribution < -0.4 is 14.6 Å². The van der Waals surface area contributed by atoms with Crippen LogP contribution in [0.2, 0.25) is 5.02 Å². The molecule has 0 atom stereocenters. The summed E-state index contributed by atoms with van der Waals surface area (Å²) in [6, 6.07) is 3.03. The van der Waals surface area contributed by atoms with Crippen LogP contribution in [0.1, 0.15) is 5.56 Å². The van der Waals surface area contributed by atoms with E-state index in [0.29, 0.717) is 43.5 Å². The van der Waals surface area contributed by atoms with E-state index in [1.807, 2.05) is 0 Å². The molecule has 0 bridgehead atoms. The van der Waals surface area contributed by atoms with Crippen molar-refractivity contribution in [2.24, 2.45) is 0 Å². The van der Waals surface area contributed by atoms with E-state index in [-0.39, 0.29) is 18.6 Å². The lowest BCUT2D eigenvalue weighted by Gasteiger charge is -2.15. The molecule has 0 fully saturated rings. The van der Waals surface area contributed by atoms with Gasteiger partial charge in [-0.05, 0) is 17.7 Å². The molecule has 0 aromatic heterocycles. The van der Waals surface area contributed by atoms with Crippen LogP contribution in [0.4, 0.5) is 0 Å². The Balaban J connectivity index is 2.79. The molecule has 1 aromatic rings. The molecule has 26 heavy (non-hydrogen) atoms. The summed E-state index contributed by atoms with van der Waals surface area (Å²) in [7, 11) is 3.13. The van der Waals surface area contributed by atoms with Crippen LogP contribution in [0.15, 0.2) is 18.2 Å². The van der Waals surface area contributed by atoms with E-state index in [1.165, 1.54) is 18.2 Å². The van der Waals surface area contributed by atoms with E-state index in [9.17, 15) is 9.90 Å². The molecule has 1 aromatic carbocycles. The highest BCUT2D eigenvalue weighted by molar-refractivity contribution is 6.32. The Labute approximate surface area is 157 Å². The minimum atomic E-state index is -1.33. The Morgan fingerprint density at radius 1 is 1.00 bits per heavy atom. The van der Waals surface area contributed by atoms with Gasteiger partial charge in [-0.3, -0.25) is 0 Å². The van der Waals surface area contributed by atoms with Crippen LogP contribution in [0, 0.1) is 0 Å². The largest absolute Gasteiger partial charge is 0.545 e. The summed E-state index contributed by atoms with van der Waals surface area (Å²) in [4.78, 5) is 10.6. The summed E-state index contributed by atoms with van der Waals surface area (Å²) >= 11 is 6.14. The van der Waals surface area contributed by atoms with Gasteiger partial charge in [0.05, 0.1) is 37.4 Å². The molecule has 0 unspecified atom stereocenters. The fourth-order valence-corrected chi connectivity index (χ4v) is 1.89. The normalized spacial score (nSPS) is 11.0. The standard InChI is InChI=1S/C17H23ClO8/c1-21-5-7-23-11-25-15-9-13(3-4-17(19)20)14(18)10-16(15)26-12-24-8-6-22-2/h3-4,9-10H,5-8,11-12H2,1-2H3,(H,19,20)/p-1. The quantitative estimate of drug-likeness (QED) is 0.265. The van der Waals surface area contributed by atoms with Crippen molar-refractivity contribution in [1.29, 1.82) is 0 Å². The molecule has 0 aliphatic rings. The molecule has 9 heteroatoms. The number of hydrogen-bond acceptors (Lipinski definition) is 8. The monoisotopic (exact) mass is 389 g/mol. The fraction of sp³-hybridized carbons (Fsp3) is 0.471. The predicted octanol–water partition coefficient (Wildman–Crippen LogP) is 1.10. The number of methoxy groups -OCH3 is 2. The van der Waals surface area contributed by atoms with Gasteiger partial charge in [0.1, 0.15) is 0 Å². The van der Waals surface area contributed by atoms with E-state index in [1.54, 1.807) is 14.2 Å². The second kappa shape index (κ2) is 13.4. The zero-order valence-corrected chi connectivity index (χ0v) is 15.5. The third kappa shape index (κ3) is 9.02. The minimum absolute atomic E-state index is 0.0329. The number of carbonyl (C=O) groups excluding carboxylic acids is 1. The minimum Gasteiger partial charge on any atom is -0.545 e. The smallest absolute Gasteiger partial charge is 0.189 e. The van der Waals surface area contributed by atoms with E-state index in [4.69, 9.17) is 40.0 Å². The maximum absolute atomic E-state index is 10.6. The fourth-order valence-electron chi connectivity index (χ4n) is 1.67. The number of ether oxygens (including phenoxy) is 6. The number of carbonyl (C=O) groups is 1. The van der Waals surface area contributed by atoms with Gasteiger partial charge in [-0.1, -0.05) is 17.7 Å². The summed E-state index contributed by atoms with van der Waals surface area (Å²) in [6.45, 7) is 1.52. The van der Waals surface area contributed by atoms with Crippen molar-refractivity contribution < 1.29 is 38.3 Å². The van der Waals surface area contributed by atoms with Gasteiger partial charge < -0.3 is 38.3 Å². The summed E-state index contributed by atoms with van der Waals surface area (Å²) in [5.74, 6) is -0.688. The molecule has 146 valence electrons. The molecular weight excluding hydrogens is 368 g/mol. The number of carboxylic acids is 1. The van der Waals surface area contributed by atoms with Crippen LogP contribution in [0.25, 0.3) is 6.08 Å². The number of halogens is 1. The number of benzene rings is 1. The molecule has 0 amide bonds. The molecule has 0 saturated carbocycles. The average Bonchev–Trinajstić information content (AvgIpc) is 2.61. The van der Waals surface area contributed by atoms with Crippen LogP contribution in [0.3, 0.4) is 0 Å². The Morgan fingerprint density at radius 3 is 2.04 bits per heavy atom. The maximum atomic E-state index is 10.6. The van der Waals surface area contributed by atoms with E-state index in [0.717, 1.165) is 6.08 Å². The Kier molecular flexibility index (Phi) is 11.4. The third-order valence-corrected chi connectivity index (χ3v) is 3.25. The van der Waals surface area contributed by atoms with Gasteiger partial charge >= 0.3 is 0 Å². The van der Waals surface area contributed by atoms with E-state index < -0.39 is 5.97 Å². The SMILES string of the molecule is COCCOCOc1cc(Cl)c(C=CC(=O)[O-])cc1OCOCCOC. The highest BCUT2D eigenvalue weighted by Crippen LogP contribution is 2.34. The topological polar surface area (TPSA) is 95.5 Å². The van der Waals surface area contributed by atoms with Crippen molar-refractivity contribution >= 4 is 23.6 Å². The average molecular weight is 390 g/mol. The summed E-state index contributed by atoms with van der Waals surface area (Å²) < 4.78 is 31.3. The maximum Gasteiger partial charge on any atom is 0.189 e. The first-order valence-electron chi connectivity index (χ1n) is 7.70. The number of aliphatic carboxylic acids is 1. The zero-order valence-electron chi connectivity index (χ0n) is 14.7. The lowest BCUT2D eigenvalue weighted by atomic mass is 10.2. The molecule has 0 radical (unpaired) electrons. The van der Waals surface area contributed by atoms with E-state index in [2.05, 4.69) is 0 Å². The molecule has 0 aliphatic heterocycles. The summed E-state index contributed by atoms with van der Waals surface area (Å²) in [6.07, 6.45) is 2.17. The van der Waals surface area contributed by atoms with Gasteiger partial charge in [0, 0.05) is 20.3 Å². The van der Waals surface area contributed by atoms with Crippen molar-refractivity contribution in [3.63, 3.8) is 0 Å². The molecule has 0 spiro atoms. The lowest BCUT2D eigenvalue weighted by Crippen LogP contribution is -2.18. The number of rotatable bonds is 14. The lowest BCUT2D eigenvalue weighted by molar-refractivity contribution is -0.297. The first kappa shape index (κ1) is 22.2. The Morgan fingerprint density at radius 2 is 1.54 bits per heavy atom. The van der Waals surface area contributed by atoms with Gasteiger partial charge in [0.25, 0.3) is 0 Å². The molecule has 8 nitrogen and oxygen atoms in total. The number of carboxylic acid groups (broad SMARTS) is 1. The molecular formula is C17H22ClO8-. The van der Waals surface area contributed by atoms with Crippen LogP contribution in [-0.4, -0.2) is 60.2 Å². The van der Waals surface area contributed by atoms with Crippen molar-refractivity contribution in [2.45, 2.75) is 0 Å². The van der Waals surface area contributed by atoms with Gasteiger partial charge in [-0.2, -0.15) is 0 Å². The zero-order chi connectivity index (χ0) is 19.2. The highest BCUT2D eigenvalue weighted by atomic mass is 35.5. The van der Waals surface area contributed by atoms with Crippen molar-refractivity contribution in [3.05, 3.63) is 28.8 Å². The summed E-state index contributed by atoms with van der Waals surface area (Å²) in [5.41, 5.74) is 0.426. The van der Waals surface area contributed by atoms with Crippen LogP contribution >= 0.6 is 11.6 Å². The number of hydrogen-bond donors (Lipinski definition) is 0. The van der Waals surface area contributed by atoms with Crippen molar-refractivity contribution in [1.82, 2.24) is 0 Å². The van der Waals surface area contributed by atoms with Crippen LogP contribution in [-0.2, 0) is 23.7 Å². The molecule has 0 saturated heterocycles. The Hall–Kier alpha value is -1.84. The highest BCUT2D eigenvalue weighted by Gasteiger charge is 2.11. The van der Waals surface area contributed by atoms with Crippen LogP contribution in [0.5, 0.6) is 11.5 Å². The van der Waals surface area contributed by atoms with Gasteiger partial charge in [-0.15, -0.1) is 0 Å². The van der Waals surface area contributed by atoms with Gasteiger partial charge in [0.2, 0.25) is 0 Å². The predicted molar refractivity (Wildman–Crippen MR) is 92.1 cm³/mol. The summed E-state index contributed by atoms with van der Waals surface area (Å²) in [5, 5.41) is 10.9. The van der Waals surface area contributed by atoms with Gasteiger partial charge in [0.15, 0.2) is 25.1 Å². The molecule has 0 aliphatic carbocycles. The Bertz CT molecular complexity index is 576. The second-order valence-corrected chi connectivity index (χ2v) is 5.21.